The van der Waals surface area contributed by atoms with Crippen LogP contribution in [0.2, 0.25) is 5.02 Å². The van der Waals surface area contributed by atoms with Crippen molar-refractivity contribution in [2.45, 2.75) is 50.4 Å². The van der Waals surface area contributed by atoms with Gasteiger partial charge in [0, 0.05) is 24.4 Å². The molecule has 10 heteroatoms. The van der Waals surface area contributed by atoms with Crippen LogP contribution in [0, 0.1) is 0 Å². The van der Waals surface area contributed by atoms with Crippen molar-refractivity contribution in [1.29, 1.82) is 0 Å². The predicted molar refractivity (Wildman–Crippen MR) is 122 cm³/mol. The van der Waals surface area contributed by atoms with E-state index in [1.807, 2.05) is 0 Å². The molecule has 0 heterocycles. The molecule has 180 valence electrons. The van der Waals surface area contributed by atoms with E-state index < -0.39 is 11.9 Å². The second-order valence-corrected chi connectivity index (χ2v) is 8.56. The number of hydrogen-bond acceptors (Lipinski definition) is 5. The van der Waals surface area contributed by atoms with E-state index in [0.29, 0.717) is 17.1 Å². The highest BCUT2D eigenvalue weighted by molar-refractivity contribution is 6.33. The Morgan fingerprint density at radius 1 is 1.15 bits per heavy atom. The van der Waals surface area contributed by atoms with E-state index in [-0.39, 0.29) is 28.8 Å². The number of alkyl halides is 3. The van der Waals surface area contributed by atoms with Gasteiger partial charge in [-0.3, -0.25) is 4.79 Å². The summed E-state index contributed by atoms with van der Waals surface area (Å²) in [5, 5.41) is 6.56. The molecule has 0 saturated heterocycles. The van der Waals surface area contributed by atoms with Crippen LogP contribution in [-0.4, -0.2) is 31.5 Å². The highest BCUT2D eigenvalue weighted by Crippen LogP contribution is 2.33. The molecule has 2 aromatic rings. The minimum Gasteiger partial charge on any atom is -0.496 e. The van der Waals surface area contributed by atoms with Gasteiger partial charge in [-0.2, -0.15) is 0 Å². The van der Waals surface area contributed by atoms with E-state index in [1.165, 1.54) is 37.4 Å². The Balaban J connectivity index is 1.80. The molecule has 4 N–H and O–H groups in total. The minimum absolute atomic E-state index is 0.240. The second kappa shape index (κ2) is 10.4. The minimum atomic E-state index is -4.77. The molecule has 0 aliphatic heterocycles. The smallest absolute Gasteiger partial charge is 0.496 e. The fourth-order valence-corrected chi connectivity index (χ4v) is 4.25. The second-order valence-electron chi connectivity index (χ2n) is 8.15. The third kappa shape index (κ3) is 6.83. The summed E-state index contributed by atoms with van der Waals surface area (Å²) in [6.45, 7) is 0.265. The molecular weight excluding hydrogens is 459 g/mol. The zero-order valence-corrected chi connectivity index (χ0v) is 19.0. The monoisotopic (exact) mass is 485 g/mol. The quantitative estimate of drug-likeness (QED) is 0.342. The predicted octanol–water partition coefficient (Wildman–Crippen LogP) is 5.76. The number of ether oxygens (including phenoxy) is 2. The van der Waals surface area contributed by atoms with Gasteiger partial charge in [-0.1, -0.05) is 43.4 Å². The largest absolute Gasteiger partial charge is 0.573 e. The van der Waals surface area contributed by atoms with E-state index in [1.54, 1.807) is 6.07 Å². The molecule has 0 radical (unpaired) electrons. The van der Waals surface area contributed by atoms with Gasteiger partial charge in [0.2, 0.25) is 0 Å². The maximum absolute atomic E-state index is 13.0. The average molecular weight is 486 g/mol. The van der Waals surface area contributed by atoms with E-state index in [2.05, 4.69) is 15.4 Å². The third-order valence-electron chi connectivity index (χ3n) is 5.69. The van der Waals surface area contributed by atoms with Gasteiger partial charge in [0.05, 0.1) is 28.9 Å². The highest BCUT2D eigenvalue weighted by Gasteiger charge is 2.33. The van der Waals surface area contributed by atoms with Crippen LogP contribution >= 0.6 is 11.6 Å². The molecule has 1 aliphatic carbocycles. The summed E-state index contributed by atoms with van der Waals surface area (Å²) in [6, 6.07) is 8.68. The number of carbonyl (C=O) groups is 1. The summed E-state index contributed by atoms with van der Waals surface area (Å²) in [6.07, 6.45) is 0.684. The van der Waals surface area contributed by atoms with E-state index in [4.69, 9.17) is 22.1 Å². The Labute approximate surface area is 195 Å². The van der Waals surface area contributed by atoms with Gasteiger partial charge < -0.3 is 25.8 Å². The SMILES string of the molecule is COc1cc(N)c(Cl)cc1C(=O)NCC1(Nc2cccc(OC(F)(F)F)c2)CCCCCC1. The Morgan fingerprint density at radius 3 is 2.48 bits per heavy atom. The molecule has 1 fully saturated rings. The highest BCUT2D eigenvalue weighted by atomic mass is 35.5. The molecule has 1 aliphatic rings. The number of benzene rings is 2. The van der Waals surface area contributed by atoms with Crippen LogP contribution in [0.15, 0.2) is 36.4 Å². The molecule has 6 nitrogen and oxygen atoms in total. The molecule has 33 heavy (non-hydrogen) atoms. The van der Waals surface area contributed by atoms with Crippen LogP contribution in [-0.2, 0) is 0 Å². The summed E-state index contributed by atoms with van der Waals surface area (Å²) >= 11 is 6.09. The number of nitrogens with two attached hydrogens (primary N) is 1. The normalized spacial score (nSPS) is 15.9. The standard InChI is InChI=1S/C23H27ClF3N3O3/c1-32-20-13-19(28)18(24)12-17(20)21(31)29-14-22(9-4-2-3-5-10-22)30-15-7-6-8-16(11-15)33-23(25,26)27/h6-8,11-13,30H,2-5,9-10,14,28H2,1H3,(H,29,31). The Morgan fingerprint density at radius 2 is 1.85 bits per heavy atom. The van der Waals surface area contributed by atoms with Gasteiger partial charge in [0.25, 0.3) is 5.91 Å². The number of nitrogen functional groups attached to an aromatic ring is 1. The number of hydrogen-bond donors (Lipinski definition) is 3. The van der Waals surface area contributed by atoms with Crippen LogP contribution in [0.4, 0.5) is 24.5 Å². The summed E-state index contributed by atoms with van der Waals surface area (Å²) in [4.78, 5) is 13.0. The van der Waals surface area contributed by atoms with Gasteiger partial charge in [0.1, 0.15) is 11.5 Å². The van der Waals surface area contributed by atoms with Gasteiger partial charge >= 0.3 is 6.36 Å². The van der Waals surface area contributed by atoms with Crippen molar-refractivity contribution in [3.05, 3.63) is 47.0 Å². The zero-order valence-electron chi connectivity index (χ0n) is 18.2. The van der Waals surface area contributed by atoms with Crippen molar-refractivity contribution in [2.75, 3.05) is 24.7 Å². The van der Waals surface area contributed by atoms with Gasteiger partial charge in [0.15, 0.2) is 0 Å². The first-order valence-corrected chi connectivity index (χ1v) is 11.0. The van der Waals surface area contributed by atoms with Crippen LogP contribution < -0.4 is 25.8 Å². The first-order valence-electron chi connectivity index (χ1n) is 10.7. The number of methoxy groups -OCH3 is 1. The molecule has 0 atom stereocenters. The van der Waals surface area contributed by atoms with Crippen molar-refractivity contribution in [1.82, 2.24) is 5.32 Å². The van der Waals surface area contributed by atoms with Crippen LogP contribution in [0.3, 0.4) is 0 Å². The number of carbonyl (C=O) groups excluding carboxylic acids is 1. The number of anilines is 2. The van der Waals surface area contributed by atoms with Crippen molar-refractivity contribution < 1.29 is 27.4 Å². The summed E-state index contributed by atoms with van der Waals surface area (Å²) < 4.78 is 47.2. The van der Waals surface area contributed by atoms with Crippen LogP contribution in [0.5, 0.6) is 11.5 Å². The van der Waals surface area contributed by atoms with Gasteiger partial charge in [-0.25, -0.2) is 0 Å². The van der Waals surface area contributed by atoms with E-state index in [0.717, 1.165) is 38.5 Å². The molecule has 0 aromatic heterocycles. The first kappa shape index (κ1) is 24.8. The third-order valence-corrected chi connectivity index (χ3v) is 6.02. The lowest BCUT2D eigenvalue weighted by molar-refractivity contribution is -0.274. The molecule has 1 saturated carbocycles. The fraction of sp³-hybridized carbons (Fsp3) is 0.435. The summed E-state index contributed by atoms with van der Waals surface area (Å²) in [5.74, 6) is -0.385. The molecule has 1 amide bonds. The van der Waals surface area contributed by atoms with Crippen molar-refractivity contribution in [3.63, 3.8) is 0 Å². The van der Waals surface area contributed by atoms with Crippen molar-refractivity contribution in [2.24, 2.45) is 0 Å². The topological polar surface area (TPSA) is 85.6 Å². The Bertz CT molecular complexity index is 977. The fourth-order valence-electron chi connectivity index (χ4n) is 4.09. The Hall–Kier alpha value is -2.81. The molecule has 3 rings (SSSR count). The maximum atomic E-state index is 13.0. The molecule has 0 spiro atoms. The van der Waals surface area contributed by atoms with Gasteiger partial charge in [-0.05, 0) is 31.0 Å². The van der Waals surface area contributed by atoms with Gasteiger partial charge in [-0.15, -0.1) is 13.2 Å². The number of amides is 1. The number of nitrogens with one attached hydrogen (secondary N) is 2. The van der Waals surface area contributed by atoms with Crippen LogP contribution in [0.25, 0.3) is 0 Å². The molecule has 0 bridgehead atoms. The molecule has 2 aromatic carbocycles. The van der Waals surface area contributed by atoms with Crippen molar-refractivity contribution >= 4 is 28.9 Å². The Kier molecular flexibility index (Phi) is 7.84. The van der Waals surface area contributed by atoms with E-state index in [9.17, 15) is 18.0 Å². The van der Waals surface area contributed by atoms with Crippen LogP contribution in [0.1, 0.15) is 48.9 Å². The lowest BCUT2D eigenvalue weighted by Crippen LogP contribution is -2.48. The lowest BCUT2D eigenvalue weighted by atomic mass is 9.89. The molecular formula is C23H27ClF3N3O3. The zero-order chi connectivity index (χ0) is 24.1. The lowest BCUT2D eigenvalue weighted by Gasteiger charge is -2.35. The summed E-state index contributed by atoms with van der Waals surface area (Å²) in [7, 11) is 1.43. The first-order chi connectivity index (χ1) is 15.6. The van der Waals surface area contributed by atoms with Crippen molar-refractivity contribution in [3.8, 4) is 11.5 Å². The number of rotatable bonds is 7. The maximum Gasteiger partial charge on any atom is 0.573 e. The van der Waals surface area contributed by atoms with E-state index >= 15 is 0 Å². The molecule has 0 unspecified atom stereocenters. The number of halogens is 4. The summed E-state index contributed by atoms with van der Waals surface area (Å²) in [5.41, 5.74) is 6.30. The average Bonchev–Trinajstić information content (AvgIpc) is 2.98.